The number of carbonyl (C=O) groups is 1. The van der Waals surface area contributed by atoms with Crippen molar-refractivity contribution in [3.63, 3.8) is 0 Å². The molecule has 0 radical (unpaired) electrons. The van der Waals surface area contributed by atoms with E-state index in [1.807, 2.05) is 32.9 Å². The summed E-state index contributed by atoms with van der Waals surface area (Å²) in [5, 5.41) is 0.718. The predicted molar refractivity (Wildman–Crippen MR) is 98.4 cm³/mol. The molecule has 0 unspecified atom stereocenters. The topological polar surface area (TPSA) is 46.3 Å². The summed E-state index contributed by atoms with van der Waals surface area (Å²) in [7, 11) is 0. The highest BCUT2D eigenvalue weighted by Crippen LogP contribution is 2.34. The first-order valence-electron chi connectivity index (χ1n) is 7.98. The third kappa shape index (κ3) is 3.22. The summed E-state index contributed by atoms with van der Waals surface area (Å²) < 4.78 is 6.57. The minimum atomic E-state index is -0.491. The second kappa shape index (κ2) is 6.06. The number of amides is 1. The van der Waals surface area contributed by atoms with Crippen molar-refractivity contribution < 1.29 is 9.21 Å². The van der Waals surface area contributed by atoms with E-state index < -0.39 is 5.41 Å². The summed E-state index contributed by atoms with van der Waals surface area (Å²) in [6, 6.07) is 7.92. The van der Waals surface area contributed by atoms with E-state index >= 15 is 0 Å². The van der Waals surface area contributed by atoms with Crippen LogP contribution >= 0.6 is 11.3 Å². The molecule has 0 saturated carbocycles. The van der Waals surface area contributed by atoms with Crippen molar-refractivity contribution in [2.75, 3.05) is 4.90 Å². The fourth-order valence-corrected chi connectivity index (χ4v) is 3.68. The maximum absolute atomic E-state index is 13.0. The number of aryl methyl sites for hydroxylation is 2. The summed E-state index contributed by atoms with van der Waals surface area (Å²) in [6.45, 7) is 10.3. The smallest absolute Gasteiger partial charge is 0.234 e. The molecule has 0 fully saturated rings. The van der Waals surface area contributed by atoms with Gasteiger partial charge in [-0.1, -0.05) is 38.2 Å². The molecule has 3 aromatic rings. The fraction of sp³-hybridized carbons (Fsp3) is 0.368. The number of benzene rings is 1. The molecule has 2 aromatic heterocycles. The molecule has 126 valence electrons. The van der Waals surface area contributed by atoms with Gasteiger partial charge >= 0.3 is 0 Å². The highest BCUT2D eigenvalue weighted by Gasteiger charge is 2.31. The van der Waals surface area contributed by atoms with E-state index in [0.717, 1.165) is 21.1 Å². The SMILES string of the molecule is Cc1cc(C)c2sc(N(Cc3ccco3)C(=O)C(C)(C)C)nc2c1. The van der Waals surface area contributed by atoms with Crippen molar-refractivity contribution in [3.8, 4) is 0 Å². The molecule has 3 rings (SSSR count). The summed E-state index contributed by atoms with van der Waals surface area (Å²) in [4.78, 5) is 19.4. The maximum Gasteiger partial charge on any atom is 0.234 e. The van der Waals surface area contributed by atoms with E-state index in [2.05, 4.69) is 26.0 Å². The third-order valence-electron chi connectivity index (χ3n) is 3.82. The normalized spacial score (nSPS) is 11.9. The zero-order valence-electron chi connectivity index (χ0n) is 14.7. The fourth-order valence-electron chi connectivity index (χ4n) is 2.67. The lowest BCUT2D eigenvalue weighted by molar-refractivity contribution is -0.126. The molecule has 1 amide bonds. The average Bonchev–Trinajstić information content (AvgIpc) is 3.11. The Labute approximate surface area is 146 Å². The van der Waals surface area contributed by atoms with Gasteiger partial charge in [-0.05, 0) is 43.2 Å². The Bertz CT molecular complexity index is 873. The number of anilines is 1. The molecule has 0 aliphatic rings. The van der Waals surface area contributed by atoms with E-state index in [1.165, 1.54) is 11.1 Å². The molecule has 24 heavy (non-hydrogen) atoms. The third-order valence-corrected chi connectivity index (χ3v) is 5.05. The molecule has 0 N–H and O–H groups in total. The molecule has 0 atom stereocenters. The maximum atomic E-state index is 13.0. The van der Waals surface area contributed by atoms with Crippen LogP contribution in [0.5, 0.6) is 0 Å². The number of furan rings is 1. The van der Waals surface area contributed by atoms with E-state index in [4.69, 9.17) is 9.40 Å². The molecular weight excluding hydrogens is 320 g/mol. The van der Waals surface area contributed by atoms with Gasteiger partial charge in [-0.15, -0.1) is 0 Å². The number of thiazole rings is 1. The first-order valence-corrected chi connectivity index (χ1v) is 8.79. The Morgan fingerprint density at radius 2 is 2.04 bits per heavy atom. The van der Waals surface area contributed by atoms with E-state index in [1.54, 1.807) is 22.5 Å². The lowest BCUT2D eigenvalue weighted by Crippen LogP contribution is -2.39. The number of aromatic nitrogens is 1. The van der Waals surface area contributed by atoms with Gasteiger partial charge in [0, 0.05) is 5.41 Å². The van der Waals surface area contributed by atoms with Gasteiger partial charge in [0.15, 0.2) is 5.13 Å². The van der Waals surface area contributed by atoms with E-state index in [-0.39, 0.29) is 5.91 Å². The monoisotopic (exact) mass is 342 g/mol. The Hall–Kier alpha value is -2.14. The second-order valence-electron chi connectivity index (χ2n) is 7.15. The van der Waals surface area contributed by atoms with Gasteiger partial charge in [-0.25, -0.2) is 4.98 Å². The largest absolute Gasteiger partial charge is 0.467 e. The van der Waals surface area contributed by atoms with Crippen LogP contribution in [-0.4, -0.2) is 10.9 Å². The number of carbonyl (C=O) groups excluding carboxylic acids is 1. The number of hydrogen-bond donors (Lipinski definition) is 0. The lowest BCUT2D eigenvalue weighted by Gasteiger charge is -2.26. The Morgan fingerprint density at radius 3 is 2.67 bits per heavy atom. The predicted octanol–water partition coefficient (Wildman–Crippen LogP) is 5.09. The van der Waals surface area contributed by atoms with Crippen molar-refractivity contribution >= 4 is 32.6 Å². The van der Waals surface area contributed by atoms with Crippen LogP contribution in [0.2, 0.25) is 0 Å². The van der Waals surface area contributed by atoms with Crippen LogP contribution in [0, 0.1) is 19.3 Å². The summed E-state index contributed by atoms with van der Waals surface area (Å²) in [6.07, 6.45) is 1.63. The molecule has 0 aliphatic heterocycles. The van der Waals surface area contributed by atoms with Crippen LogP contribution in [0.3, 0.4) is 0 Å². The molecule has 1 aromatic carbocycles. The standard InChI is InChI=1S/C19H22N2O2S/c1-12-9-13(2)16-15(10-12)20-18(24-16)21(17(22)19(3,4)5)11-14-7-6-8-23-14/h6-10H,11H2,1-5H3. The molecule has 2 heterocycles. The van der Waals surface area contributed by atoms with Gasteiger partial charge in [0.05, 0.1) is 23.0 Å². The second-order valence-corrected chi connectivity index (χ2v) is 8.12. The Balaban J connectivity index is 2.07. The summed E-state index contributed by atoms with van der Waals surface area (Å²) in [5.41, 5.74) is 2.82. The summed E-state index contributed by atoms with van der Waals surface area (Å²) in [5.74, 6) is 0.784. The Morgan fingerprint density at radius 1 is 1.29 bits per heavy atom. The zero-order chi connectivity index (χ0) is 17.5. The van der Waals surface area contributed by atoms with Gasteiger partial charge < -0.3 is 4.42 Å². The molecule has 0 saturated heterocycles. The first-order chi connectivity index (χ1) is 11.3. The van der Waals surface area contributed by atoms with E-state index in [0.29, 0.717) is 6.54 Å². The van der Waals surface area contributed by atoms with Crippen LogP contribution in [0.1, 0.15) is 37.7 Å². The molecular formula is C19H22N2O2S. The van der Waals surface area contributed by atoms with Gasteiger partial charge in [0.25, 0.3) is 0 Å². The van der Waals surface area contributed by atoms with Crippen LogP contribution in [0.4, 0.5) is 5.13 Å². The quantitative estimate of drug-likeness (QED) is 0.666. The highest BCUT2D eigenvalue weighted by atomic mass is 32.1. The minimum Gasteiger partial charge on any atom is -0.467 e. The molecule has 0 spiro atoms. The molecule has 4 nitrogen and oxygen atoms in total. The van der Waals surface area contributed by atoms with Gasteiger partial charge in [0.2, 0.25) is 5.91 Å². The van der Waals surface area contributed by atoms with Crippen molar-refractivity contribution in [2.24, 2.45) is 5.41 Å². The zero-order valence-corrected chi connectivity index (χ0v) is 15.5. The van der Waals surface area contributed by atoms with Crippen LogP contribution < -0.4 is 4.90 Å². The highest BCUT2D eigenvalue weighted by molar-refractivity contribution is 7.22. The van der Waals surface area contributed by atoms with Crippen molar-refractivity contribution in [3.05, 3.63) is 47.4 Å². The van der Waals surface area contributed by atoms with E-state index in [9.17, 15) is 4.79 Å². The molecule has 0 bridgehead atoms. The number of nitrogens with zero attached hydrogens (tertiary/aromatic N) is 2. The number of rotatable bonds is 3. The van der Waals surface area contributed by atoms with Crippen LogP contribution in [0.15, 0.2) is 34.9 Å². The lowest BCUT2D eigenvalue weighted by atomic mass is 9.95. The van der Waals surface area contributed by atoms with Crippen LogP contribution in [-0.2, 0) is 11.3 Å². The Kier molecular flexibility index (Phi) is 4.22. The van der Waals surface area contributed by atoms with Gasteiger partial charge in [-0.3, -0.25) is 9.69 Å². The minimum absolute atomic E-state index is 0.0346. The van der Waals surface area contributed by atoms with Crippen molar-refractivity contribution in [1.29, 1.82) is 0 Å². The van der Waals surface area contributed by atoms with Gasteiger partial charge in [-0.2, -0.15) is 0 Å². The average molecular weight is 342 g/mol. The number of fused-ring (bicyclic) bond motifs is 1. The van der Waals surface area contributed by atoms with Crippen LogP contribution in [0.25, 0.3) is 10.2 Å². The number of hydrogen-bond acceptors (Lipinski definition) is 4. The molecule has 5 heteroatoms. The summed E-state index contributed by atoms with van der Waals surface area (Å²) >= 11 is 1.56. The van der Waals surface area contributed by atoms with Crippen molar-refractivity contribution in [1.82, 2.24) is 4.98 Å². The first kappa shape index (κ1) is 16.7. The van der Waals surface area contributed by atoms with Gasteiger partial charge in [0.1, 0.15) is 5.76 Å². The molecule has 0 aliphatic carbocycles. The van der Waals surface area contributed by atoms with Crippen molar-refractivity contribution in [2.45, 2.75) is 41.2 Å².